The Morgan fingerprint density at radius 2 is 1.71 bits per heavy atom. The molecular weight excluding hydrogens is 440 g/mol. The number of benzene rings is 3. The monoisotopic (exact) mass is 468 g/mol. The third-order valence-electron chi connectivity index (χ3n) is 6.27. The van der Waals surface area contributed by atoms with Gasteiger partial charge in [-0.1, -0.05) is 79.2 Å². The Balaban J connectivity index is 1.45. The molecule has 0 bridgehead atoms. The molecule has 1 aliphatic heterocycles. The Labute approximate surface area is 204 Å². The van der Waals surface area contributed by atoms with E-state index in [0.29, 0.717) is 12.3 Å². The number of nitrogens with zero attached hydrogens (tertiary/aromatic N) is 2. The van der Waals surface area contributed by atoms with Gasteiger partial charge in [0.25, 0.3) is 0 Å². The molecule has 4 aromatic rings. The van der Waals surface area contributed by atoms with E-state index in [9.17, 15) is 4.79 Å². The van der Waals surface area contributed by atoms with Crippen LogP contribution in [-0.2, 0) is 11.3 Å². The summed E-state index contributed by atoms with van der Waals surface area (Å²) in [6.07, 6.45) is 3.20. The summed E-state index contributed by atoms with van der Waals surface area (Å²) < 4.78 is 11.9. The highest BCUT2D eigenvalue weighted by Gasteiger charge is 2.30. The Morgan fingerprint density at radius 1 is 0.971 bits per heavy atom. The fraction of sp³-hybridized carbons (Fsp3) is 0.241. The molecule has 0 radical (unpaired) electrons. The first-order valence-corrected chi connectivity index (χ1v) is 12.0. The summed E-state index contributed by atoms with van der Waals surface area (Å²) >= 11 is 0. The summed E-state index contributed by atoms with van der Waals surface area (Å²) in [6, 6.07) is 28.0. The lowest BCUT2D eigenvalue weighted by Gasteiger charge is -2.33. The van der Waals surface area contributed by atoms with Crippen LogP contribution in [0.25, 0.3) is 22.6 Å². The van der Waals surface area contributed by atoms with Crippen molar-refractivity contribution in [3.63, 3.8) is 0 Å². The minimum atomic E-state index is -0.987. The molecule has 6 nitrogen and oxygen atoms in total. The van der Waals surface area contributed by atoms with Gasteiger partial charge in [-0.3, -0.25) is 4.90 Å². The van der Waals surface area contributed by atoms with Crippen molar-refractivity contribution in [3.8, 4) is 28.3 Å². The zero-order valence-corrected chi connectivity index (χ0v) is 19.5. The number of carbonyl (C=O) groups is 1. The van der Waals surface area contributed by atoms with Gasteiger partial charge in [0.2, 0.25) is 5.89 Å². The molecule has 1 saturated heterocycles. The van der Waals surface area contributed by atoms with Gasteiger partial charge in [0.15, 0.2) is 12.4 Å². The average molecular weight is 469 g/mol. The van der Waals surface area contributed by atoms with Crippen molar-refractivity contribution >= 4 is 5.97 Å². The molecule has 3 aromatic carbocycles. The van der Waals surface area contributed by atoms with Crippen LogP contribution >= 0.6 is 0 Å². The molecule has 0 amide bonds. The normalized spacial score (nSPS) is 16.2. The van der Waals surface area contributed by atoms with E-state index in [2.05, 4.69) is 29.2 Å². The van der Waals surface area contributed by atoms with Crippen LogP contribution in [-0.4, -0.2) is 34.1 Å². The van der Waals surface area contributed by atoms with Crippen LogP contribution < -0.4 is 4.74 Å². The first-order valence-electron chi connectivity index (χ1n) is 12.0. The molecule has 178 valence electrons. The molecule has 0 saturated carbocycles. The number of oxazole rings is 1. The Morgan fingerprint density at radius 3 is 2.46 bits per heavy atom. The largest absolute Gasteiger partial charge is 0.482 e. The van der Waals surface area contributed by atoms with Crippen molar-refractivity contribution < 1.29 is 19.1 Å². The Bertz CT molecular complexity index is 1210. The van der Waals surface area contributed by atoms with E-state index in [-0.39, 0.29) is 12.6 Å². The second-order valence-corrected chi connectivity index (χ2v) is 8.77. The van der Waals surface area contributed by atoms with Crippen molar-refractivity contribution in [2.24, 2.45) is 0 Å². The highest BCUT2D eigenvalue weighted by atomic mass is 16.5. The van der Waals surface area contributed by atoms with Crippen molar-refractivity contribution in [3.05, 3.63) is 96.4 Å². The van der Waals surface area contributed by atoms with Crippen LogP contribution in [0.3, 0.4) is 0 Å². The van der Waals surface area contributed by atoms with E-state index in [0.717, 1.165) is 59.8 Å². The van der Waals surface area contributed by atoms with Crippen molar-refractivity contribution in [2.75, 3.05) is 13.2 Å². The minimum absolute atomic E-state index is 0.0623. The van der Waals surface area contributed by atoms with Crippen LogP contribution in [0.2, 0.25) is 0 Å². The third-order valence-corrected chi connectivity index (χ3v) is 6.27. The van der Waals surface area contributed by atoms with E-state index in [1.165, 1.54) is 0 Å². The van der Waals surface area contributed by atoms with Gasteiger partial charge in [0, 0.05) is 17.7 Å². The number of carboxylic acids is 1. The number of aliphatic carboxylic acids is 1. The van der Waals surface area contributed by atoms with E-state index in [1.807, 2.05) is 54.6 Å². The summed E-state index contributed by atoms with van der Waals surface area (Å²) in [5.74, 6) is 1.10. The first kappa shape index (κ1) is 22.9. The summed E-state index contributed by atoms with van der Waals surface area (Å²) in [5, 5.41) is 8.90. The lowest BCUT2D eigenvalue weighted by atomic mass is 10.0. The second kappa shape index (κ2) is 10.6. The quantitative estimate of drug-likeness (QED) is 0.332. The topological polar surface area (TPSA) is 75.8 Å². The molecule has 1 aliphatic rings. The first-order chi connectivity index (χ1) is 17.2. The van der Waals surface area contributed by atoms with Crippen molar-refractivity contribution in [2.45, 2.75) is 31.8 Å². The molecule has 35 heavy (non-hydrogen) atoms. The molecule has 2 heterocycles. The van der Waals surface area contributed by atoms with Gasteiger partial charge in [-0.05, 0) is 37.1 Å². The smallest absolute Gasteiger partial charge is 0.341 e. The molecule has 5 rings (SSSR count). The number of hydrogen-bond donors (Lipinski definition) is 1. The third kappa shape index (κ3) is 5.44. The van der Waals surface area contributed by atoms with Crippen LogP contribution in [0.4, 0.5) is 0 Å². The Hall–Kier alpha value is -3.90. The molecule has 0 aliphatic carbocycles. The molecule has 1 N–H and O–H groups in total. The van der Waals surface area contributed by atoms with E-state index >= 15 is 0 Å². The maximum Gasteiger partial charge on any atom is 0.341 e. The van der Waals surface area contributed by atoms with E-state index in [1.54, 1.807) is 6.07 Å². The predicted molar refractivity (Wildman–Crippen MR) is 134 cm³/mol. The number of rotatable bonds is 8. The molecule has 0 spiro atoms. The standard InChI is InChI=1S/C29H28N2O4/c32-26(33)20-34-24-15-9-10-21(18-24)19-31-17-8-7-16-25(31)29-30-27(22-11-3-1-4-12-22)28(35-29)23-13-5-2-6-14-23/h1-6,9-15,18,25H,7-8,16-17,19-20H2,(H,32,33). The van der Waals surface area contributed by atoms with Gasteiger partial charge in [-0.25, -0.2) is 9.78 Å². The molecule has 1 unspecified atom stereocenters. The van der Waals surface area contributed by atoms with Crippen LogP contribution in [0.1, 0.15) is 36.8 Å². The fourth-order valence-electron chi connectivity index (χ4n) is 4.63. The number of likely N-dealkylation sites (tertiary alicyclic amines) is 1. The highest BCUT2D eigenvalue weighted by molar-refractivity contribution is 5.76. The predicted octanol–water partition coefficient (Wildman–Crippen LogP) is 6.20. The average Bonchev–Trinajstić information content (AvgIpc) is 3.34. The summed E-state index contributed by atoms with van der Waals surface area (Å²) in [7, 11) is 0. The van der Waals surface area contributed by atoms with E-state index in [4.69, 9.17) is 19.2 Å². The van der Waals surface area contributed by atoms with Crippen LogP contribution in [0, 0.1) is 0 Å². The lowest BCUT2D eigenvalue weighted by Crippen LogP contribution is -2.33. The van der Waals surface area contributed by atoms with Gasteiger partial charge in [0.1, 0.15) is 11.4 Å². The zero-order valence-electron chi connectivity index (χ0n) is 19.5. The zero-order chi connectivity index (χ0) is 24.0. The van der Waals surface area contributed by atoms with Gasteiger partial charge < -0.3 is 14.3 Å². The van der Waals surface area contributed by atoms with Gasteiger partial charge in [-0.2, -0.15) is 0 Å². The van der Waals surface area contributed by atoms with Crippen molar-refractivity contribution in [1.82, 2.24) is 9.88 Å². The number of carboxylic acid groups (broad SMARTS) is 1. The van der Waals surface area contributed by atoms with Crippen LogP contribution in [0.5, 0.6) is 5.75 Å². The maximum absolute atomic E-state index is 10.9. The molecule has 1 aromatic heterocycles. The minimum Gasteiger partial charge on any atom is -0.482 e. The van der Waals surface area contributed by atoms with Gasteiger partial charge >= 0.3 is 5.97 Å². The van der Waals surface area contributed by atoms with E-state index < -0.39 is 5.97 Å². The van der Waals surface area contributed by atoms with Gasteiger partial charge in [-0.15, -0.1) is 0 Å². The number of ether oxygens (including phenoxy) is 1. The summed E-state index contributed by atoms with van der Waals surface area (Å²) in [6.45, 7) is 1.30. The number of piperidine rings is 1. The second-order valence-electron chi connectivity index (χ2n) is 8.77. The SMILES string of the molecule is O=C(O)COc1cccc(CN2CCCCC2c2nc(-c3ccccc3)c(-c3ccccc3)o2)c1. The highest BCUT2D eigenvalue weighted by Crippen LogP contribution is 2.38. The maximum atomic E-state index is 10.9. The summed E-state index contributed by atoms with van der Waals surface area (Å²) in [4.78, 5) is 18.3. The van der Waals surface area contributed by atoms with Crippen molar-refractivity contribution in [1.29, 1.82) is 0 Å². The molecule has 6 heteroatoms. The lowest BCUT2D eigenvalue weighted by molar-refractivity contribution is -0.139. The molecule has 1 atom stereocenters. The Kier molecular flexibility index (Phi) is 6.91. The number of hydrogen-bond acceptors (Lipinski definition) is 5. The molecule has 1 fully saturated rings. The summed E-state index contributed by atoms with van der Waals surface area (Å²) in [5.41, 5.74) is 3.97. The van der Waals surface area contributed by atoms with Gasteiger partial charge in [0.05, 0.1) is 6.04 Å². The fourth-order valence-corrected chi connectivity index (χ4v) is 4.63. The van der Waals surface area contributed by atoms with Crippen LogP contribution in [0.15, 0.2) is 89.3 Å². The molecular formula is C29H28N2O4. The number of aromatic nitrogens is 1.